The smallest absolute Gasteiger partial charge is 0.170 e. The summed E-state index contributed by atoms with van der Waals surface area (Å²) in [4.78, 5) is 1.40. The van der Waals surface area contributed by atoms with E-state index in [9.17, 15) is 0 Å². The first-order valence-corrected chi connectivity index (χ1v) is 8.47. The minimum Gasteiger partial charge on any atom is -0.356 e. The predicted molar refractivity (Wildman–Crippen MR) is 102 cm³/mol. The first-order chi connectivity index (χ1) is 11.0. The molecule has 0 unspecified atom stereocenters. The third-order valence-electron chi connectivity index (χ3n) is 3.75. The van der Waals surface area contributed by atoms with Crippen molar-refractivity contribution in [3.63, 3.8) is 0 Å². The van der Waals surface area contributed by atoms with Gasteiger partial charge in [0, 0.05) is 17.1 Å². The van der Waals surface area contributed by atoms with Crippen molar-refractivity contribution >= 4 is 34.6 Å². The van der Waals surface area contributed by atoms with E-state index < -0.39 is 0 Å². The molecule has 5 heteroatoms. The Balaban J connectivity index is 1.85. The highest BCUT2D eigenvalue weighted by atomic mass is 35.5. The second-order valence-corrected chi connectivity index (χ2v) is 6.65. The highest BCUT2D eigenvalue weighted by Crippen LogP contribution is 2.13. The maximum atomic E-state index is 5.88. The molecular weight excluding hydrogens is 326 g/mol. The average molecular weight is 349 g/mol. The van der Waals surface area contributed by atoms with Gasteiger partial charge >= 0.3 is 0 Å². The highest BCUT2D eigenvalue weighted by Gasteiger charge is 2.16. The van der Waals surface area contributed by atoms with E-state index in [4.69, 9.17) is 23.8 Å². The summed E-state index contributed by atoms with van der Waals surface area (Å²) in [6, 6.07) is 18.5. The van der Waals surface area contributed by atoms with E-state index in [1.807, 2.05) is 30.3 Å². The normalized spacial score (nSPS) is 12.0. The molecule has 0 aliphatic heterocycles. The first-order valence-electron chi connectivity index (χ1n) is 7.69. The van der Waals surface area contributed by atoms with Crippen molar-refractivity contribution in [3.05, 3.63) is 65.2 Å². The van der Waals surface area contributed by atoms with Gasteiger partial charge in [0.1, 0.15) is 6.04 Å². The lowest BCUT2D eigenvalue weighted by atomic mass is 10.1. The van der Waals surface area contributed by atoms with Gasteiger partial charge in [0.2, 0.25) is 0 Å². The molecule has 0 fully saturated rings. The molecule has 0 spiro atoms. The Morgan fingerprint density at radius 1 is 1.09 bits per heavy atom. The SMILES string of the molecule is C[NH+](C)[C@@H](CNC(=S)Nc1ccc(Cl)cc1)Cc1ccccc1. The van der Waals surface area contributed by atoms with Crippen molar-refractivity contribution in [2.75, 3.05) is 26.0 Å². The van der Waals surface area contributed by atoms with E-state index in [2.05, 4.69) is 49.0 Å². The lowest BCUT2D eigenvalue weighted by Crippen LogP contribution is -3.11. The molecule has 0 bridgehead atoms. The molecule has 3 N–H and O–H groups in total. The van der Waals surface area contributed by atoms with E-state index in [1.165, 1.54) is 10.5 Å². The fourth-order valence-electron chi connectivity index (χ4n) is 2.30. The summed E-state index contributed by atoms with van der Waals surface area (Å²) < 4.78 is 0. The van der Waals surface area contributed by atoms with Crippen molar-refractivity contribution in [2.24, 2.45) is 0 Å². The Kier molecular flexibility index (Phi) is 6.84. The lowest BCUT2D eigenvalue weighted by molar-refractivity contribution is -0.884. The van der Waals surface area contributed by atoms with E-state index in [0.717, 1.165) is 18.7 Å². The van der Waals surface area contributed by atoms with Crippen molar-refractivity contribution in [3.8, 4) is 0 Å². The van der Waals surface area contributed by atoms with Gasteiger partial charge in [0.25, 0.3) is 0 Å². The Hall–Kier alpha value is -1.62. The van der Waals surface area contributed by atoms with Gasteiger partial charge in [-0.3, -0.25) is 0 Å². The van der Waals surface area contributed by atoms with Crippen LogP contribution in [-0.2, 0) is 6.42 Å². The fourth-order valence-corrected chi connectivity index (χ4v) is 2.63. The molecule has 1 atom stereocenters. The second-order valence-electron chi connectivity index (χ2n) is 5.81. The summed E-state index contributed by atoms with van der Waals surface area (Å²) >= 11 is 11.3. The van der Waals surface area contributed by atoms with Crippen LogP contribution in [0.5, 0.6) is 0 Å². The average Bonchev–Trinajstić information content (AvgIpc) is 2.54. The van der Waals surface area contributed by atoms with E-state index in [0.29, 0.717) is 16.2 Å². The van der Waals surface area contributed by atoms with Crippen molar-refractivity contribution < 1.29 is 4.90 Å². The summed E-state index contributed by atoms with van der Waals surface area (Å²) in [7, 11) is 4.34. The number of hydrogen-bond donors (Lipinski definition) is 3. The molecule has 122 valence electrons. The monoisotopic (exact) mass is 348 g/mol. The van der Waals surface area contributed by atoms with Crippen molar-refractivity contribution in [1.29, 1.82) is 0 Å². The van der Waals surface area contributed by atoms with Gasteiger partial charge in [-0.05, 0) is 42.0 Å². The molecule has 0 aliphatic carbocycles. The maximum Gasteiger partial charge on any atom is 0.170 e. The zero-order chi connectivity index (χ0) is 16.7. The van der Waals surface area contributed by atoms with Crippen LogP contribution in [0.15, 0.2) is 54.6 Å². The minimum absolute atomic E-state index is 0.447. The van der Waals surface area contributed by atoms with Crippen LogP contribution in [-0.4, -0.2) is 31.8 Å². The highest BCUT2D eigenvalue weighted by molar-refractivity contribution is 7.80. The Labute approximate surface area is 148 Å². The van der Waals surface area contributed by atoms with Gasteiger partial charge in [-0.2, -0.15) is 0 Å². The number of nitrogens with one attached hydrogen (secondary N) is 3. The zero-order valence-corrected chi connectivity index (χ0v) is 15.0. The Bertz CT molecular complexity index is 614. The zero-order valence-electron chi connectivity index (χ0n) is 13.5. The molecule has 2 aromatic rings. The van der Waals surface area contributed by atoms with Gasteiger partial charge in [0.05, 0.1) is 20.6 Å². The lowest BCUT2D eigenvalue weighted by Gasteiger charge is -2.23. The van der Waals surface area contributed by atoms with Crippen LogP contribution in [0.4, 0.5) is 5.69 Å². The molecule has 23 heavy (non-hydrogen) atoms. The van der Waals surface area contributed by atoms with Crippen molar-refractivity contribution in [2.45, 2.75) is 12.5 Å². The second kappa shape index (κ2) is 8.87. The standard InChI is InChI=1S/C18H22ClN3S/c1-22(2)17(12-14-6-4-3-5-7-14)13-20-18(23)21-16-10-8-15(19)9-11-16/h3-11,17H,12-13H2,1-2H3,(H2,20,21,23)/p+1/t17-/m1/s1. The Morgan fingerprint density at radius 3 is 2.35 bits per heavy atom. The predicted octanol–water partition coefficient (Wildman–Crippen LogP) is 2.38. The number of halogens is 1. The molecular formula is C18H23ClN3S+. The molecule has 0 aliphatic rings. The molecule has 0 saturated carbocycles. The molecule has 2 rings (SSSR count). The largest absolute Gasteiger partial charge is 0.356 e. The van der Waals surface area contributed by atoms with Crippen LogP contribution >= 0.6 is 23.8 Å². The van der Waals surface area contributed by atoms with Crippen LogP contribution in [0.3, 0.4) is 0 Å². The van der Waals surface area contributed by atoms with E-state index in [-0.39, 0.29) is 0 Å². The summed E-state index contributed by atoms with van der Waals surface area (Å²) in [6.07, 6.45) is 1.01. The number of benzene rings is 2. The first kappa shape index (κ1) is 17.7. The third-order valence-corrected chi connectivity index (χ3v) is 4.25. The molecule has 0 saturated heterocycles. The van der Waals surface area contributed by atoms with Gasteiger partial charge in [-0.1, -0.05) is 41.9 Å². The molecule has 0 heterocycles. The maximum absolute atomic E-state index is 5.88. The quantitative estimate of drug-likeness (QED) is 0.700. The third kappa shape index (κ3) is 6.18. The molecule has 0 aromatic heterocycles. The van der Waals surface area contributed by atoms with Crippen LogP contribution < -0.4 is 15.5 Å². The number of hydrogen-bond acceptors (Lipinski definition) is 1. The summed E-state index contributed by atoms with van der Waals surface area (Å²) in [6.45, 7) is 0.816. The number of rotatable bonds is 6. The van der Waals surface area contributed by atoms with Crippen LogP contribution in [0.1, 0.15) is 5.56 Å². The van der Waals surface area contributed by atoms with Crippen LogP contribution in [0.25, 0.3) is 0 Å². The van der Waals surface area contributed by atoms with E-state index >= 15 is 0 Å². The van der Waals surface area contributed by atoms with Gasteiger partial charge in [-0.25, -0.2) is 0 Å². The van der Waals surface area contributed by atoms with Crippen molar-refractivity contribution in [1.82, 2.24) is 5.32 Å². The van der Waals surface area contributed by atoms with E-state index in [1.54, 1.807) is 0 Å². The number of anilines is 1. The fraction of sp³-hybridized carbons (Fsp3) is 0.278. The number of thiocarbonyl (C=S) groups is 1. The minimum atomic E-state index is 0.447. The molecule has 3 nitrogen and oxygen atoms in total. The summed E-state index contributed by atoms with van der Waals surface area (Å²) in [5.41, 5.74) is 2.28. The van der Waals surface area contributed by atoms with Gasteiger partial charge in [0.15, 0.2) is 5.11 Å². The molecule has 2 aromatic carbocycles. The Morgan fingerprint density at radius 2 is 1.74 bits per heavy atom. The van der Waals surface area contributed by atoms with Gasteiger partial charge in [-0.15, -0.1) is 0 Å². The number of quaternary nitrogens is 1. The topological polar surface area (TPSA) is 28.5 Å². The summed E-state index contributed by atoms with van der Waals surface area (Å²) in [5, 5.41) is 7.84. The van der Waals surface area contributed by atoms with Crippen LogP contribution in [0.2, 0.25) is 5.02 Å². The number of likely N-dealkylation sites (N-methyl/N-ethyl adjacent to an activating group) is 1. The van der Waals surface area contributed by atoms with Gasteiger partial charge < -0.3 is 15.5 Å². The molecule has 0 amide bonds. The summed E-state index contributed by atoms with van der Waals surface area (Å²) in [5.74, 6) is 0. The van der Waals surface area contributed by atoms with Crippen LogP contribution in [0, 0.1) is 0 Å². The molecule has 0 radical (unpaired) electrons.